The molecule has 1 heterocycles. The third-order valence-electron chi connectivity index (χ3n) is 2.75. The minimum atomic E-state index is -2.66. The number of amides is 1. The van der Waals surface area contributed by atoms with Gasteiger partial charge in [-0.3, -0.25) is 4.79 Å². The molecular weight excluding hydrogens is 204 g/mol. The second kappa shape index (κ2) is 4.68. The van der Waals surface area contributed by atoms with Crippen LogP contribution in [0.2, 0.25) is 0 Å². The standard InChI is InChI=1S/C10H15F2NO2/c1-10(11,12)3-2-8-4-9(6-14)13(5-8)7-15/h6-9H,2-5H2,1H3/t8-,9?/m1/s1. The highest BCUT2D eigenvalue weighted by Gasteiger charge is 2.32. The third-order valence-corrected chi connectivity index (χ3v) is 2.75. The van der Waals surface area contributed by atoms with Gasteiger partial charge in [-0.15, -0.1) is 0 Å². The molecule has 1 amide bonds. The highest BCUT2D eigenvalue weighted by molar-refractivity contribution is 5.64. The first-order valence-electron chi connectivity index (χ1n) is 5.00. The molecule has 1 aliphatic heterocycles. The van der Waals surface area contributed by atoms with E-state index in [-0.39, 0.29) is 12.3 Å². The molecular formula is C10H15F2NO2. The Labute approximate surface area is 87.4 Å². The molecule has 0 N–H and O–H groups in total. The SMILES string of the molecule is CC(F)(F)CC[C@@H]1CC(C=O)N(C=O)C1. The van der Waals surface area contributed by atoms with Gasteiger partial charge in [0.1, 0.15) is 6.29 Å². The molecule has 3 nitrogen and oxygen atoms in total. The summed E-state index contributed by atoms with van der Waals surface area (Å²) >= 11 is 0. The number of halogens is 2. The molecule has 0 aromatic rings. The van der Waals surface area contributed by atoms with E-state index in [1.165, 1.54) is 4.90 Å². The minimum absolute atomic E-state index is 0.0243. The van der Waals surface area contributed by atoms with Crippen LogP contribution in [-0.2, 0) is 9.59 Å². The zero-order chi connectivity index (χ0) is 11.5. The average molecular weight is 219 g/mol. The monoisotopic (exact) mass is 219 g/mol. The lowest BCUT2D eigenvalue weighted by atomic mass is 9.98. The average Bonchev–Trinajstić information content (AvgIpc) is 2.56. The van der Waals surface area contributed by atoms with Crippen LogP contribution in [-0.4, -0.2) is 36.1 Å². The largest absolute Gasteiger partial charge is 0.335 e. The van der Waals surface area contributed by atoms with Gasteiger partial charge in [0.05, 0.1) is 6.04 Å². The molecule has 0 aromatic carbocycles. The maximum absolute atomic E-state index is 12.6. The van der Waals surface area contributed by atoms with E-state index in [9.17, 15) is 18.4 Å². The fraction of sp³-hybridized carbons (Fsp3) is 0.800. The quantitative estimate of drug-likeness (QED) is 0.656. The fourth-order valence-electron chi connectivity index (χ4n) is 1.91. The van der Waals surface area contributed by atoms with Crippen LogP contribution in [0.25, 0.3) is 0 Å². The number of alkyl halides is 2. The minimum Gasteiger partial charge on any atom is -0.335 e. The van der Waals surface area contributed by atoms with Gasteiger partial charge in [0.15, 0.2) is 0 Å². The summed E-state index contributed by atoms with van der Waals surface area (Å²) in [6.45, 7) is 1.31. The van der Waals surface area contributed by atoms with Crippen LogP contribution in [0, 0.1) is 5.92 Å². The summed E-state index contributed by atoms with van der Waals surface area (Å²) in [4.78, 5) is 22.5. The molecule has 1 aliphatic rings. The number of carbonyl (C=O) groups excluding carboxylic acids is 2. The van der Waals surface area contributed by atoms with Crippen molar-refractivity contribution in [3.05, 3.63) is 0 Å². The molecule has 1 fully saturated rings. The van der Waals surface area contributed by atoms with E-state index in [1.54, 1.807) is 0 Å². The smallest absolute Gasteiger partial charge is 0.245 e. The number of likely N-dealkylation sites (tertiary alicyclic amines) is 1. The predicted molar refractivity (Wildman–Crippen MR) is 50.6 cm³/mol. The molecule has 0 radical (unpaired) electrons. The van der Waals surface area contributed by atoms with E-state index in [0.29, 0.717) is 32.1 Å². The van der Waals surface area contributed by atoms with E-state index >= 15 is 0 Å². The Morgan fingerprint density at radius 1 is 1.47 bits per heavy atom. The van der Waals surface area contributed by atoms with Gasteiger partial charge in [-0.2, -0.15) is 0 Å². The topological polar surface area (TPSA) is 37.4 Å². The fourth-order valence-corrected chi connectivity index (χ4v) is 1.91. The summed E-state index contributed by atoms with van der Waals surface area (Å²) in [6, 6.07) is -0.419. The van der Waals surface area contributed by atoms with Crippen molar-refractivity contribution in [1.82, 2.24) is 4.90 Å². The first-order chi connectivity index (χ1) is 6.96. The van der Waals surface area contributed by atoms with Gasteiger partial charge in [-0.1, -0.05) is 0 Å². The van der Waals surface area contributed by atoms with Crippen molar-refractivity contribution in [2.24, 2.45) is 5.92 Å². The van der Waals surface area contributed by atoms with Gasteiger partial charge in [-0.25, -0.2) is 8.78 Å². The second-order valence-electron chi connectivity index (χ2n) is 4.22. The number of hydrogen-bond donors (Lipinski definition) is 0. The third kappa shape index (κ3) is 3.57. The summed E-state index contributed by atoms with van der Waals surface area (Å²) in [5, 5.41) is 0. The summed E-state index contributed by atoms with van der Waals surface area (Å²) < 4.78 is 25.2. The van der Waals surface area contributed by atoms with Crippen LogP contribution in [0.5, 0.6) is 0 Å². The normalized spacial score (nSPS) is 26.7. The number of rotatable bonds is 5. The van der Waals surface area contributed by atoms with Crippen molar-refractivity contribution in [1.29, 1.82) is 0 Å². The molecule has 0 aliphatic carbocycles. The van der Waals surface area contributed by atoms with Gasteiger partial charge >= 0.3 is 0 Å². The first-order valence-corrected chi connectivity index (χ1v) is 5.00. The molecule has 0 saturated carbocycles. The Morgan fingerprint density at radius 3 is 2.53 bits per heavy atom. The number of carbonyl (C=O) groups is 2. The molecule has 0 bridgehead atoms. The Kier molecular flexibility index (Phi) is 3.77. The molecule has 1 saturated heterocycles. The highest BCUT2D eigenvalue weighted by atomic mass is 19.3. The first kappa shape index (κ1) is 12.1. The van der Waals surface area contributed by atoms with Gasteiger partial charge in [0.25, 0.3) is 0 Å². The number of nitrogens with zero attached hydrogens (tertiary/aromatic N) is 1. The molecule has 1 rings (SSSR count). The number of hydrogen-bond acceptors (Lipinski definition) is 2. The Morgan fingerprint density at radius 2 is 2.13 bits per heavy atom. The second-order valence-corrected chi connectivity index (χ2v) is 4.22. The van der Waals surface area contributed by atoms with Crippen LogP contribution in [0.1, 0.15) is 26.2 Å². The van der Waals surface area contributed by atoms with E-state index < -0.39 is 12.0 Å². The predicted octanol–water partition coefficient (Wildman–Crippen LogP) is 1.47. The van der Waals surface area contributed by atoms with E-state index in [4.69, 9.17) is 0 Å². The van der Waals surface area contributed by atoms with Crippen molar-refractivity contribution in [2.45, 2.75) is 38.2 Å². The Bertz CT molecular complexity index is 224. The molecule has 1 unspecified atom stereocenters. The van der Waals surface area contributed by atoms with Crippen molar-refractivity contribution in [3.63, 3.8) is 0 Å². The van der Waals surface area contributed by atoms with Crippen LogP contribution in [0.15, 0.2) is 0 Å². The summed E-state index contributed by atoms with van der Waals surface area (Å²) in [7, 11) is 0. The van der Waals surface area contributed by atoms with Crippen molar-refractivity contribution in [3.8, 4) is 0 Å². The Hall–Kier alpha value is -1.00. The van der Waals surface area contributed by atoms with Gasteiger partial charge in [-0.05, 0) is 25.7 Å². The molecule has 0 spiro atoms. The summed E-state index contributed by atoms with van der Waals surface area (Å²) in [5.74, 6) is -2.64. The molecule has 86 valence electrons. The lowest BCUT2D eigenvalue weighted by Gasteiger charge is -2.14. The van der Waals surface area contributed by atoms with Crippen molar-refractivity contribution < 1.29 is 18.4 Å². The van der Waals surface area contributed by atoms with E-state index in [1.807, 2.05) is 0 Å². The zero-order valence-corrected chi connectivity index (χ0v) is 8.66. The highest BCUT2D eigenvalue weighted by Crippen LogP contribution is 2.29. The molecule has 5 heteroatoms. The van der Waals surface area contributed by atoms with Gasteiger partial charge < -0.3 is 9.69 Å². The van der Waals surface area contributed by atoms with E-state index in [2.05, 4.69) is 0 Å². The van der Waals surface area contributed by atoms with Crippen molar-refractivity contribution in [2.75, 3.05) is 6.54 Å². The van der Waals surface area contributed by atoms with Crippen LogP contribution >= 0.6 is 0 Å². The zero-order valence-electron chi connectivity index (χ0n) is 8.66. The number of aldehydes is 1. The molecule has 2 atom stereocenters. The lowest BCUT2D eigenvalue weighted by molar-refractivity contribution is -0.123. The van der Waals surface area contributed by atoms with Crippen LogP contribution in [0.3, 0.4) is 0 Å². The Balaban J connectivity index is 2.40. The van der Waals surface area contributed by atoms with E-state index in [0.717, 1.165) is 6.92 Å². The maximum Gasteiger partial charge on any atom is 0.245 e. The van der Waals surface area contributed by atoms with Gasteiger partial charge in [0, 0.05) is 13.0 Å². The van der Waals surface area contributed by atoms with Gasteiger partial charge in [0.2, 0.25) is 12.3 Å². The maximum atomic E-state index is 12.6. The van der Waals surface area contributed by atoms with Crippen LogP contribution < -0.4 is 0 Å². The summed E-state index contributed by atoms with van der Waals surface area (Å²) in [5.41, 5.74) is 0. The van der Waals surface area contributed by atoms with Crippen molar-refractivity contribution >= 4 is 12.7 Å². The lowest BCUT2D eigenvalue weighted by Crippen LogP contribution is -2.28. The van der Waals surface area contributed by atoms with Crippen LogP contribution in [0.4, 0.5) is 8.78 Å². The molecule has 0 aromatic heterocycles. The molecule has 15 heavy (non-hydrogen) atoms. The summed E-state index contributed by atoms with van der Waals surface area (Å²) in [6.07, 6.45) is 2.01.